The third kappa shape index (κ3) is 4.59. The number of hydrogen-bond donors (Lipinski definition) is 1. The second-order valence-electron chi connectivity index (χ2n) is 5.91. The van der Waals surface area contributed by atoms with E-state index < -0.39 is 0 Å². The van der Waals surface area contributed by atoms with E-state index in [9.17, 15) is 4.79 Å². The van der Waals surface area contributed by atoms with Gasteiger partial charge in [-0.15, -0.1) is 10.2 Å². The molecule has 7 heteroatoms. The fourth-order valence-electron chi connectivity index (χ4n) is 2.56. The number of ether oxygens (including phenoxy) is 2. The monoisotopic (exact) mass is 342 g/mol. The number of aromatic nitrogens is 3. The number of nitrogens with one attached hydrogen (secondary N) is 1. The van der Waals surface area contributed by atoms with Gasteiger partial charge in [-0.05, 0) is 36.6 Å². The molecule has 0 bridgehead atoms. The zero-order chi connectivity index (χ0) is 17.6. The van der Waals surface area contributed by atoms with Crippen molar-refractivity contribution in [2.24, 2.45) is 0 Å². The Kier molecular flexibility index (Phi) is 5.33. The molecular weight excluding hydrogens is 320 g/mol. The SMILES string of the molecule is COc1cc(/C=C/C(=O)NCCc2nncn2C2CC2)cc(OC)c1. The van der Waals surface area contributed by atoms with Gasteiger partial charge < -0.3 is 19.4 Å². The molecule has 0 aliphatic heterocycles. The third-order valence-electron chi connectivity index (χ3n) is 4.04. The molecule has 1 N–H and O–H groups in total. The molecule has 0 unspecified atom stereocenters. The summed E-state index contributed by atoms with van der Waals surface area (Å²) >= 11 is 0. The number of rotatable bonds is 8. The summed E-state index contributed by atoms with van der Waals surface area (Å²) in [5.74, 6) is 2.13. The second-order valence-corrected chi connectivity index (χ2v) is 5.91. The van der Waals surface area contributed by atoms with Crippen molar-refractivity contribution in [2.45, 2.75) is 25.3 Å². The lowest BCUT2D eigenvalue weighted by Crippen LogP contribution is -2.24. The lowest BCUT2D eigenvalue weighted by molar-refractivity contribution is -0.116. The molecule has 3 rings (SSSR count). The first-order chi connectivity index (χ1) is 12.2. The molecule has 1 aliphatic rings. The van der Waals surface area contributed by atoms with Crippen LogP contribution in [0.4, 0.5) is 0 Å². The van der Waals surface area contributed by atoms with E-state index in [1.807, 2.05) is 12.1 Å². The number of nitrogens with zero attached hydrogens (tertiary/aromatic N) is 3. The standard InChI is InChI=1S/C18H22N4O3/c1-24-15-9-13(10-16(11-15)25-2)3-6-18(23)19-8-7-17-21-20-12-22(17)14-4-5-14/h3,6,9-12,14H,4-5,7-8H2,1-2H3,(H,19,23)/b6-3+. The average molecular weight is 342 g/mol. The summed E-state index contributed by atoms with van der Waals surface area (Å²) < 4.78 is 12.5. The van der Waals surface area contributed by atoms with Crippen molar-refractivity contribution in [3.8, 4) is 11.5 Å². The van der Waals surface area contributed by atoms with Crippen LogP contribution >= 0.6 is 0 Å². The van der Waals surface area contributed by atoms with Crippen LogP contribution in [0.1, 0.15) is 30.3 Å². The van der Waals surface area contributed by atoms with Crippen molar-refractivity contribution < 1.29 is 14.3 Å². The van der Waals surface area contributed by atoms with Crippen LogP contribution in [0.5, 0.6) is 11.5 Å². The minimum absolute atomic E-state index is 0.153. The predicted octanol–water partition coefficient (Wildman–Crippen LogP) is 2.00. The van der Waals surface area contributed by atoms with E-state index in [1.165, 1.54) is 18.9 Å². The molecule has 1 saturated carbocycles. The van der Waals surface area contributed by atoms with Crippen LogP contribution in [0.3, 0.4) is 0 Å². The minimum atomic E-state index is -0.153. The smallest absolute Gasteiger partial charge is 0.244 e. The van der Waals surface area contributed by atoms with Crippen molar-refractivity contribution in [3.05, 3.63) is 42.0 Å². The molecule has 25 heavy (non-hydrogen) atoms. The van der Waals surface area contributed by atoms with Gasteiger partial charge in [-0.25, -0.2) is 0 Å². The first-order valence-corrected chi connectivity index (χ1v) is 8.27. The molecule has 1 heterocycles. The highest BCUT2D eigenvalue weighted by atomic mass is 16.5. The lowest BCUT2D eigenvalue weighted by Gasteiger charge is -2.06. The summed E-state index contributed by atoms with van der Waals surface area (Å²) in [6, 6.07) is 6.01. The number of carbonyl (C=O) groups excluding carboxylic acids is 1. The predicted molar refractivity (Wildman–Crippen MR) is 93.6 cm³/mol. The average Bonchev–Trinajstić information content (AvgIpc) is 3.38. The van der Waals surface area contributed by atoms with Crippen LogP contribution in [-0.2, 0) is 11.2 Å². The fourth-order valence-corrected chi connectivity index (χ4v) is 2.56. The highest BCUT2D eigenvalue weighted by molar-refractivity contribution is 5.91. The van der Waals surface area contributed by atoms with Gasteiger partial charge in [0.15, 0.2) is 0 Å². The van der Waals surface area contributed by atoms with E-state index in [2.05, 4.69) is 20.1 Å². The van der Waals surface area contributed by atoms with Crippen molar-refractivity contribution in [2.75, 3.05) is 20.8 Å². The second kappa shape index (κ2) is 7.83. The van der Waals surface area contributed by atoms with Crippen LogP contribution in [-0.4, -0.2) is 41.4 Å². The Hall–Kier alpha value is -2.83. The summed E-state index contributed by atoms with van der Waals surface area (Å²) in [7, 11) is 3.19. The van der Waals surface area contributed by atoms with Gasteiger partial charge >= 0.3 is 0 Å². The maximum absolute atomic E-state index is 12.0. The molecule has 0 saturated heterocycles. The first kappa shape index (κ1) is 17.0. The summed E-state index contributed by atoms with van der Waals surface area (Å²) in [4.78, 5) is 12.0. The van der Waals surface area contributed by atoms with Gasteiger partial charge in [-0.1, -0.05) is 0 Å². The maximum atomic E-state index is 12.0. The van der Waals surface area contributed by atoms with E-state index in [4.69, 9.17) is 9.47 Å². The highest BCUT2D eigenvalue weighted by Gasteiger charge is 2.25. The quantitative estimate of drug-likeness (QED) is 0.743. The molecule has 1 amide bonds. The molecule has 1 fully saturated rings. The number of benzene rings is 1. The van der Waals surface area contributed by atoms with Gasteiger partial charge in [0, 0.05) is 31.1 Å². The Bertz CT molecular complexity index is 743. The zero-order valence-electron chi connectivity index (χ0n) is 14.4. The highest BCUT2D eigenvalue weighted by Crippen LogP contribution is 2.35. The van der Waals surface area contributed by atoms with Crippen molar-refractivity contribution >= 4 is 12.0 Å². The van der Waals surface area contributed by atoms with E-state index in [0.717, 1.165) is 11.4 Å². The minimum Gasteiger partial charge on any atom is -0.497 e. The van der Waals surface area contributed by atoms with Gasteiger partial charge in [0.05, 0.1) is 14.2 Å². The van der Waals surface area contributed by atoms with E-state index in [-0.39, 0.29) is 5.91 Å². The van der Waals surface area contributed by atoms with Gasteiger partial charge in [0.25, 0.3) is 0 Å². The van der Waals surface area contributed by atoms with E-state index in [1.54, 1.807) is 32.7 Å². The molecule has 1 aliphatic carbocycles. The van der Waals surface area contributed by atoms with Gasteiger partial charge in [-0.2, -0.15) is 0 Å². The Labute approximate surface area is 146 Å². The lowest BCUT2D eigenvalue weighted by atomic mass is 10.2. The van der Waals surface area contributed by atoms with Crippen LogP contribution in [0.25, 0.3) is 6.08 Å². The molecule has 2 aromatic rings. The van der Waals surface area contributed by atoms with E-state index in [0.29, 0.717) is 30.5 Å². The number of amides is 1. The molecule has 7 nitrogen and oxygen atoms in total. The molecule has 0 atom stereocenters. The van der Waals surface area contributed by atoms with Crippen molar-refractivity contribution in [3.63, 3.8) is 0 Å². The Morgan fingerprint density at radius 2 is 2.00 bits per heavy atom. The maximum Gasteiger partial charge on any atom is 0.244 e. The molecule has 1 aromatic heterocycles. The number of carbonyl (C=O) groups is 1. The topological polar surface area (TPSA) is 78.3 Å². The number of methoxy groups -OCH3 is 2. The van der Waals surface area contributed by atoms with Gasteiger partial charge in [0.2, 0.25) is 5.91 Å². The largest absolute Gasteiger partial charge is 0.497 e. The van der Waals surface area contributed by atoms with Crippen LogP contribution in [0.2, 0.25) is 0 Å². The fraction of sp³-hybridized carbons (Fsp3) is 0.389. The summed E-state index contributed by atoms with van der Waals surface area (Å²) in [5.41, 5.74) is 0.833. The summed E-state index contributed by atoms with van der Waals surface area (Å²) in [6.45, 7) is 0.524. The summed E-state index contributed by atoms with van der Waals surface area (Å²) in [6.07, 6.45) is 8.04. The van der Waals surface area contributed by atoms with Crippen LogP contribution < -0.4 is 14.8 Å². The normalized spacial score (nSPS) is 13.8. The van der Waals surface area contributed by atoms with Crippen LogP contribution in [0, 0.1) is 0 Å². The van der Waals surface area contributed by atoms with Gasteiger partial charge in [-0.3, -0.25) is 4.79 Å². The Balaban J connectivity index is 1.52. The van der Waals surface area contributed by atoms with Gasteiger partial charge in [0.1, 0.15) is 23.7 Å². The third-order valence-corrected chi connectivity index (χ3v) is 4.04. The van der Waals surface area contributed by atoms with Crippen molar-refractivity contribution in [1.29, 1.82) is 0 Å². The van der Waals surface area contributed by atoms with Crippen LogP contribution in [0.15, 0.2) is 30.6 Å². The Morgan fingerprint density at radius 1 is 1.28 bits per heavy atom. The molecule has 0 spiro atoms. The Morgan fingerprint density at radius 3 is 2.64 bits per heavy atom. The van der Waals surface area contributed by atoms with E-state index >= 15 is 0 Å². The number of hydrogen-bond acceptors (Lipinski definition) is 5. The molecule has 1 aromatic carbocycles. The molecular formula is C18H22N4O3. The molecule has 132 valence electrons. The molecule has 0 radical (unpaired) electrons. The van der Waals surface area contributed by atoms with Crippen molar-refractivity contribution in [1.82, 2.24) is 20.1 Å². The first-order valence-electron chi connectivity index (χ1n) is 8.27. The zero-order valence-corrected chi connectivity index (χ0v) is 14.4. The summed E-state index contributed by atoms with van der Waals surface area (Å²) in [5, 5.41) is 10.9.